The van der Waals surface area contributed by atoms with Crippen LogP contribution in [0.1, 0.15) is 0 Å². The van der Waals surface area contributed by atoms with Gasteiger partial charge in [0.05, 0.1) is 0 Å². The van der Waals surface area contributed by atoms with E-state index in [1.807, 2.05) is 0 Å². The van der Waals surface area contributed by atoms with Crippen molar-refractivity contribution in [3.8, 4) is 0 Å². The van der Waals surface area contributed by atoms with Crippen molar-refractivity contribution in [3.05, 3.63) is 0 Å². The molecule has 0 aliphatic rings. The Bertz CT molecular complexity index is 55.8. The zero-order valence-corrected chi connectivity index (χ0v) is 8.13. The average molecular weight is 172 g/mol. The number of hydrogen-bond acceptors (Lipinski definition) is 1. The van der Waals surface area contributed by atoms with E-state index in [-0.39, 0.29) is 47.6 Å². The van der Waals surface area contributed by atoms with E-state index in [1.165, 1.54) is 0 Å². The van der Waals surface area contributed by atoms with E-state index in [1.54, 1.807) is 0 Å². The second-order valence-corrected chi connectivity index (χ2v) is 1.54. The van der Waals surface area contributed by atoms with E-state index in [2.05, 4.69) is 0 Å². The van der Waals surface area contributed by atoms with Crippen molar-refractivity contribution in [1.29, 1.82) is 0 Å². The van der Waals surface area contributed by atoms with Crippen LogP contribution in [-0.4, -0.2) is 52.4 Å². The summed E-state index contributed by atoms with van der Waals surface area (Å²) in [5.74, 6) is 0. The third kappa shape index (κ3) is 81.0. The smallest absolute Gasteiger partial charge is 0.303 e. The Balaban J connectivity index is -0.0000000800. The standard InChI is InChI=1S/Ca.H3O4P.H3P/c;1-5(2,3)4;/h;(H3,1,2,3,4);1H3. The molecule has 2 radical (unpaired) electrons. The molecule has 0 saturated carbocycles. The van der Waals surface area contributed by atoms with Crippen molar-refractivity contribution in [2.45, 2.75) is 0 Å². The van der Waals surface area contributed by atoms with Crippen LogP contribution < -0.4 is 0 Å². The topological polar surface area (TPSA) is 77.8 Å². The minimum atomic E-state index is -4.64. The Morgan fingerprint density at radius 2 is 1.14 bits per heavy atom. The van der Waals surface area contributed by atoms with Crippen molar-refractivity contribution >= 4 is 55.5 Å². The van der Waals surface area contributed by atoms with Gasteiger partial charge in [0.15, 0.2) is 0 Å². The fraction of sp³-hybridized carbons (Fsp3) is 0. The zero-order valence-electron chi connectivity index (χ0n) is 3.61. The normalized spacial score (nSPS) is 8.43. The van der Waals surface area contributed by atoms with Crippen LogP contribution in [0.3, 0.4) is 0 Å². The molecule has 0 rings (SSSR count). The second kappa shape index (κ2) is 5.93. The summed E-state index contributed by atoms with van der Waals surface area (Å²) < 4.78 is 8.88. The molecule has 1 atom stereocenters. The molecule has 0 aromatic heterocycles. The second-order valence-electron chi connectivity index (χ2n) is 0.513. The zero-order chi connectivity index (χ0) is 4.50. The fourth-order valence-corrected chi connectivity index (χ4v) is 0. The number of hydrogen-bond donors (Lipinski definition) is 3. The molecule has 0 aromatic carbocycles. The van der Waals surface area contributed by atoms with Gasteiger partial charge in [-0.25, -0.2) is 4.57 Å². The molecule has 0 bridgehead atoms. The third-order valence-corrected chi connectivity index (χ3v) is 0. The van der Waals surface area contributed by atoms with Gasteiger partial charge in [0.25, 0.3) is 0 Å². The predicted octanol–water partition coefficient (Wildman–Crippen LogP) is -1.25. The van der Waals surface area contributed by atoms with Crippen molar-refractivity contribution in [1.82, 2.24) is 0 Å². The predicted molar refractivity (Wildman–Crippen MR) is 31.1 cm³/mol. The first kappa shape index (κ1) is 15.9. The summed E-state index contributed by atoms with van der Waals surface area (Å²) in [6, 6.07) is 0. The van der Waals surface area contributed by atoms with E-state index in [9.17, 15) is 0 Å². The maximum absolute atomic E-state index is 8.88. The Labute approximate surface area is 74.2 Å². The molecule has 0 aliphatic heterocycles. The van der Waals surface area contributed by atoms with Crippen LogP contribution in [0.2, 0.25) is 0 Å². The van der Waals surface area contributed by atoms with Gasteiger partial charge in [0.2, 0.25) is 0 Å². The van der Waals surface area contributed by atoms with Crippen molar-refractivity contribution < 1.29 is 19.2 Å². The molecule has 3 N–H and O–H groups in total. The first-order valence-corrected chi connectivity index (χ1v) is 2.35. The molecule has 0 saturated heterocycles. The maximum atomic E-state index is 8.88. The van der Waals surface area contributed by atoms with Gasteiger partial charge in [0, 0.05) is 37.7 Å². The molecular formula is H6CaO4P2. The van der Waals surface area contributed by atoms with Gasteiger partial charge in [0.1, 0.15) is 0 Å². The van der Waals surface area contributed by atoms with Crippen molar-refractivity contribution in [2.24, 2.45) is 0 Å². The monoisotopic (exact) mass is 172 g/mol. The van der Waals surface area contributed by atoms with E-state index < -0.39 is 7.82 Å². The SMILES string of the molecule is O=P(O)(O)O.P.[Ca]. The molecule has 42 valence electrons. The quantitative estimate of drug-likeness (QED) is 0.315. The van der Waals surface area contributed by atoms with Crippen LogP contribution in [0.25, 0.3) is 0 Å². The average Bonchev–Trinajstić information content (AvgIpc) is 0.722. The molecule has 4 nitrogen and oxygen atoms in total. The van der Waals surface area contributed by atoms with Crippen LogP contribution in [0, 0.1) is 0 Å². The molecule has 0 aliphatic carbocycles. The van der Waals surface area contributed by atoms with Gasteiger partial charge in [-0.1, -0.05) is 0 Å². The first-order chi connectivity index (χ1) is 2.00. The molecule has 0 spiro atoms. The summed E-state index contributed by atoms with van der Waals surface area (Å²) in [6.45, 7) is 0. The van der Waals surface area contributed by atoms with E-state index in [4.69, 9.17) is 19.2 Å². The Morgan fingerprint density at radius 3 is 1.14 bits per heavy atom. The summed E-state index contributed by atoms with van der Waals surface area (Å²) in [5, 5.41) is 0. The van der Waals surface area contributed by atoms with E-state index in [0.29, 0.717) is 0 Å². The van der Waals surface area contributed by atoms with Crippen LogP contribution in [-0.2, 0) is 4.57 Å². The fourth-order valence-electron chi connectivity index (χ4n) is 0. The van der Waals surface area contributed by atoms with Gasteiger partial charge in [-0.05, 0) is 0 Å². The largest absolute Gasteiger partial charge is 0.466 e. The summed E-state index contributed by atoms with van der Waals surface area (Å²) in [6.07, 6.45) is 0. The van der Waals surface area contributed by atoms with Gasteiger partial charge in [-0.3, -0.25) is 0 Å². The summed E-state index contributed by atoms with van der Waals surface area (Å²) in [4.78, 5) is 21.6. The van der Waals surface area contributed by atoms with Crippen molar-refractivity contribution in [2.75, 3.05) is 0 Å². The third-order valence-electron chi connectivity index (χ3n) is 0. The van der Waals surface area contributed by atoms with Crippen LogP contribution >= 0.6 is 17.7 Å². The minimum Gasteiger partial charge on any atom is -0.303 e. The number of phosphoric acid groups is 1. The van der Waals surface area contributed by atoms with E-state index >= 15 is 0 Å². The Morgan fingerprint density at radius 1 is 1.14 bits per heavy atom. The molecule has 7 heavy (non-hydrogen) atoms. The number of rotatable bonds is 0. The van der Waals surface area contributed by atoms with E-state index in [0.717, 1.165) is 0 Å². The first-order valence-electron chi connectivity index (χ1n) is 0.783. The van der Waals surface area contributed by atoms with Gasteiger partial charge >= 0.3 is 7.82 Å². The van der Waals surface area contributed by atoms with Crippen LogP contribution in [0.15, 0.2) is 0 Å². The van der Waals surface area contributed by atoms with Gasteiger partial charge in [-0.15, -0.1) is 0 Å². The Hall–Kier alpha value is 1.80. The van der Waals surface area contributed by atoms with Crippen LogP contribution in [0.4, 0.5) is 0 Å². The molecule has 0 amide bonds. The molecule has 0 fully saturated rings. The maximum Gasteiger partial charge on any atom is 0.466 e. The molecule has 0 aromatic rings. The Kier molecular flexibility index (Phi) is 13.5. The minimum absolute atomic E-state index is 0. The molecule has 1 unspecified atom stereocenters. The molecule has 0 heterocycles. The van der Waals surface area contributed by atoms with Gasteiger partial charge < -0.3 is 14.7 Å². The van der Waals surface area contributed by atoms with Crippen LogP contribution in [0.5, 0.6) is 0 Å². The molecule has 7 heteroatoms. The summed E-state index contributed by atoms with van der Waals surface area (Å²) in [7, 11) is -4.64. The molecular weight excluding hydrogens is 166 g/mol. The van der Waals surface area contributed by atoms with Crippen molar-refractivity contribution in [3.63, 3.8) is 0 Å². The summed E-state index contributed by atoms with van der Waals surface area (Å²) >= 11 is 0. The summed E-state index contributed by atoms with van der Waals surface area (Å²) in [5.41, 5.74) is 0. The van der Waals surface area contributed by atoms with Gasteiger partial charge in [-0.2, -0.15) is 9.90 Å².